The van der Waals surface area contributed by atoms with Gasteiger partial charge in [0.1, 0.15) is 5.58 Å². The van der Waals surface area contributed by atoms with Crippen molar-refractivity contribution in [1.82, 2.24) is 14.5 Å². The van der Waals surface area contributed by atoms with E-state index in [1.165, 1.54) is 0 Å². The minimum absolute atomic E-state index is 0.682. The second-order valence-corrected chi connectivity index (χ2v) is 12.4. The summed E-state index contributed by atoms with van der Waals surface area (Å²) in [6.07, 6.45) is 2.24. The van der Waals surface area contributed by atoms with Gasteiger partial charge in [0.25, 0.3) is 0 Å². The first-order chi connectivity index (χ1) is 24.1. The van der Waals surface area contributed by atoms with Crippen molar-refractivity contribution in [2.24, 2.45) is 0 Å². The summed E-state index contributed by atoms with van der Waals surface area (Å²) >= 11 is 0. The molecule has 0 atom stereocenters. The number of fused-ring (bicyclic) bond motifs is 5. The number of benzene rings is 6. The lowest BCUT2D eigenvalue weighted by Crippen LogP contribution is -2.21. The van der Waals surface area contributed by atoms with Gasteiger partial charge < -0.3 is 8.98 Å². The Morgan fingerprint density at radius 2 is 1.20 bits per heavy atom. The quantitative estimate of drug-likeness (QED) is 0.190. The summed E-state index contributed by atoms with van der Waals surface area (Å²) in [5.41, 5.74) is 10.9. The van der Waals surface area contributed by atoms with Crippen molar-refractivity contribution >= 4 is 45.5 Å². The van der Waals surface area contributed by atoms with Crippen molar-refractivity contribution in [1.29, 1.82) is 0 Å². The average molecular weight is 630 g/mol. The van der Waals surface area contributed by atoms with E-state index < -0.39 is 0 Å². The van der Waals surface area contributed by atoms with E-state index in [1.807, 2.05) is 54.6 Å². The Morgan fingerprint density at radius 3 is 1.90 bits per heavy atom. The van der Waals surface area contributed by atoms with E-state index in [1.54, 1.807) is 0 Å². The molecule has 232 valence electrons. The summed E-state index contributed by atoms with van der Waals surface area (Å²) in [6, 6.07) is 52.1. The van der Waals surface area contributed by atoms with Crippen LogP contribution >= 0.6 is 0 Å². The summed E-state index contributed by atoms with van der Waals surface area (Å²) in [5.74, 6) is 0.682. The monoisotopic (exact) mass is 629 g/mol. The predicted molar refractivity (Wildman–Crippen MR) is 202 cm³/mol. The summed E-state index contributed by atoms with van der Waals surface area (Å²) in [6.45, 7) is 6.47. The Morgan fingerprint density at radius 1 is 0.592 bits per heavy atom. The van der Waals surface area contributed by atoms with E-state index >= 15 is 0 Å². The number of rotatable bonds is 5. The van der Waals surface area contributed by atoms with E-state index in [0.717, 1.165) is 88.3 Å². The van der Waals surface area contributed by atoms with Gasteiger partial charge in [0, 0.05) is 49.8 Å². The second-order valence-electron chi connectivity index (χ2n) is 12.4. The highest BCUT2D eigenvalue weighted by atomic mass is 16.3. The largest absolute Gasteiger partial charge is 0.454 e. The van der Waals surface area contributed by atoms with Crippen molar-refractivity contribution in [3.8, 4) is 39.6 Å². The van der Waals surface area contributed by atoms with Crippen molar-refractivity contribution < 1.29 is 4.42 Å². The van der Waals surface area contributed by atoms with Crippen molar-refractivity contribution in [2.75, 3.05) is 0 Å². The van der Waals surface area contributed by atoms with E-state index in [9.17, 15) is 0 Å². The summed E-state index contributed by atoms with van der Waals surface area (Å²) in [7, 11) is 0. The normalized spacial score (nSPS) is 12.0. The van der Waals surface area contributed by atoms with E-state index in [4.69, 9.17) is 14.4 Å². The molecule has 0 amide bonds. The van der Waals surface area contributed by atoms with Crippen LogP contribution < -0.4 is 10.4 Å². The molecule has 3 aromatic heterocycles. The maximum atomic E-state index is 6.61. The lowest BCUT2D eigenvalue weighted by atomic mass is 10.1. The minimum atomic E-state index is 0.682. The summed E-state index contributed by atoms with van der Waals surface area (Å²) in [4.78, 5) is 10.1. The number of furan rings is 1. The molecule has 9 aromatic rings. The van der Waals surface area contributed by atoms with Crippen molar-refractivity contribution in [3.05, 3.63) is 173 Å². The van der Waals surface area contributed by atoms with E-state index in [2.05, 4.69) is 121 Å². The van der Waals surface area contributed by atoms with Gasteiger partial charge in [-0.15, -0.1) is 0 Å². The molecule has 0 saturated carbocycles. The fourth-order valence-electron chi connectivity index (χ4n) is 6.88. The molecular weight excluding hydrogens is 599 g/mol. The zero-order chi connectivity index (χ0) is 32.9. The van der Waals surface area contributed by atoms with Gasteiger partial charge in [-0.05, 0) is 65.9 Å². The number of nitrogens with zero attached hydrogens (tertiary/aromatic N) is 3. The third-order valence-corrected chi connectivity index (χ3v) is 9.36. The van der Waals surface area contributed by atoms with Gasteiger partial charge in [-0.3, -0.25) is 0 Å². The van der Waals surface area contributed by atoms with Crippen LogP contribution in [0, 0.1) is 6.92 Å². The molecule has 0 aliphatic rings. The SMILES string of the molecule is C=c1cccc/c1=C/c1c(C)n(-c2ccc(-c3nc(-c4ccccc4)cc(-c4ccccc4)n3)cc2)c2c1ccc1c3ccccc3oc12. The highest BCUT2D eigenvalue weighted by Gasteiger charge is 2.20. The van der Waals surface area contributed by atoms with Crippen LogP contribution in [0.2, 0.25) is 0 Å². The topological polar surface area (TPSA) is 43.9 Å². The van der Waals surface area contributed by atoms with Gasteiger partial charge in [0.2, 0.25) is 0 Å². The molecule has 6 aromatic carbocycles. The Bertz CT molecular complexity index is 2720. The highest BCUT2D eigenvalue weighted by molar-refractivity contribution is 6.16. The maximum Gasteiger partial charge on any atom is 0.160 e. The molecule has 4 heteroatoms. The van der Waals surface area contributed by atoms with Crippen LogP contribution in [0.5, 0.6) is 0 Å². The zero-order valence-electron chi connectivity index (χ0n) is 27.0. The fraction of sp³-hybridized carbons (Fsp3) is 0.0222. The standard InChI is InChI=1S/C45H31N3O/c1-29-13-9-10-18-34(29)27-39-30(2)48(43-37(39)25-26-38-36-19-11-12-20-42(36)49-44(38)43)35-23-21-33(22-24-35)45-46-40(31-14-5-3-6-15-31)28-41(47-45)32-16-7-4-8-17-32/h3-28H,1H2,2H3/b34-27-. The smallest absolute Gasteiger partial charge is 0.160 e. The fourth-order valence-corrected chi connectivity index (χ4v) is 6.88. The van der Waals surface area contributed by atoms with Gasteiger partial charge in [-0.25, -0.2) is 9.97 Å². The molecule has 4 nitrogen and oxygen atoms in total. The molecule has 49 heavy (non-hydrogen) atoms. The third kappa shape index (κ3) is 4.93. The van der Waals surface area contributed by atoms with Crippen LogP contribution in [0.1, 0.15) is 11.3 Å². The first-order valence-electron chi connectivity index (χ1n) is 16.4. The molecular formula is C45H31N3O. The van der Waals surface area contributed by atoms with Gasteiger partial charge in [-0.1, -0.05) is 116 Å². The Labute approximate surface area is 283 Å². The Kier molecular flexibility index (Phi) is 6.80. The van der Waals surface area contributed by atoms with Crippen LogP contribution in [0.25, 0.3) is 85.1 Å². The minimum Gasteiger partial charge on any atom is -0.454 e. The molecule has 0 unspecified atom stereocenters. The molecule has 0 fully saturated rings. The lowest BCUT2D eigenvalue weighted by molar-refractivity contribution is 0.670. The third-order valence-electron chi connectivity index (χ3n) is 9.36. The predicted octanol–water partition coefficient (Wildman–Crippen LogP) is 9.87. The van der Waals surface area contributed by atoms with Crippen LogP contribution in [0.3, 0.4) is 0 Å². The van der Waals surface area contributed by atoms with E-state index in [-0.39, 0.29) is 0 Å². The second kappa shape index (κ2) is 11.6. The first-order valence-corrected chi connectivity index (χ1v) is 16.4. The Balaban J connectivity index is 1.25. The number of hydrogen-bond acceptors (Lipinski definition) is 3. The summed E-state index contributed by atoms with van der Waals surface area (Å²) in [5, 5.41) is 5.42. The molecule has 3 heterocycles. The molecule has 0 spiro atoms. The summed E-state index contributed by atoms with van der Waals surface area (Å²) < 4.78 is 8.92. The molecule has 0 saturated heterocycles. The molecule has 0 bridgehead atoms. The van der Waals surface area contributed by atoms with Gasteiger partial charge in [0.15, 0.2) is 11.4 Å². The first kappa shape index (κ1) is 28.7. The highest BCUT2D eigenvalue weighted by Crippen LogP contribution is 2.39. The number of para-hydroxylation sites is 1. The van der Waals surface area contributed by atoms with Crippen LogP contribution in [0.4, 0.5) is 0 Å². The van der Waals surface area contributed by atoms with Gasteiger partial charge in [-0.2, -0.15) is 0 Å². The van der Waals surface area contributed by atoms with Crippen molar-refractivity contribution in [3.63, 3.8) is 0 Å². The van der Waals surface area contributed by atoms with Crippen LogP contribution in [0.15, 0.2) is 156 Å². The molecule has 0 N–H and O–H groups in total. The molecule has 0 aliphatic heterocycles. The maximum absolute atomic E-state index is 6.61. The van der Waals surface area contributed by atoms with Crippen LogP contribution in [-0.2, 0) is 0 Å². The zero-order valence-corrected chi connectivity index (χ0v) is 27.0. The molecule has 0 aliphatic carbocycles. The van der Waals surface area contributed by atoms with Crippen LogP contribution in [-0.4, -0.2) is 14.5 Å². The lowest BCUT2D eigenvalue weighted by Gasteiger charge is -2.12. The van der Waals surface area contributed by atoms with E-state index in [0.29, 0.717) is 5.82 Å². The molecule has 9 rings (SSSR count). The Hall–Kier alpha value is -6.52. The van der Waals surface area contributed by atoms with Gasteiger partial charge >= 0.3 is 0 Å². The number of aromatic nitrogens is 3. The molecule has 0 radical (unpaired) electrons. The number of hydrogen-bond donors (Lipinski definition) is 0. The van der Waals surface area contributed by atoms with Crippen molar-refractivity contribution in [2.45, 2.75) is 6.92 Å². The van der Waals surface area contributed by atoms with Gasteiger partial charge in [0.05, 0.1) is 16.9 Å². The average Bonchev–Trinajstić information content (AvgIpc) is 3.68.